The molecule has 0 saturated carbocycles. The molecule has 1 heterocycles. The second kappa shape index (κ2) is 4.61. The van der Waals surface area contributed by atoms with Gasteiger partial charge in [-0.3, -0.25) is 0 Å². The standard InChI is InChI=1S/C13H17F2NO/c1-13(2)6-5-10(17-13)8-16-12-4-3-9(14)7-11(12)15/h3-4,7,10,16H,5-6,8H2,1-2H3. The highest BCUT2D eigenvalue weighted by atomic mass is 19.1. The van der Waals surface area contributed by atoms with Gasteiger partial charge in [-0.15, -0.1) is 0 Å². The van der Waals surface area contributed by atoms with Gasteiger partial charge in [0, 0.05) is 12.6 Å². The van der Waals surface area contributed by atoms with E-state index in [0.29, 0.717) is 12.2 Å². The molecule has 1 unspecified atom stereocenters. The Morgan fingerprint density at radius 3 is 2.76 bits per heavy atom. The molecule has 0 spiro atoms. The molecule has 1 fully saturated rings. The summed E-state index contributed by atoms with van der Waals surface area (Å²) >= 11 is 0. The Morgan fingerprint density at radius 2 is 2.18 bits per heavy atom. The first-order valence-electron chi connectivity index (χ1n) is 5.83. The maximum atomic E-state index is 13.3. The van der Waals surface area contributed by atoms with E-state index >= 15 is 0 Å². The van der Waals surface area contributed by atoms with Crippen molar-refractivity contribution in [1.29, 1.82) is 0 Å². The molecule has 4 heteroatoms. The zero-order chi connectivity index (χ0) is 12.5. The van der Waals surface area contributed by atoms with Gasteiger partial charge in [-0.05, 0) is 38.8 Å². The van der Waals surface area contributed by atoms with Crippen LogP contribution in [0.2, 0.25) is 0 Å². The summed E-state index contributed by atoms with van der Waals surface area (Å²) in [6, 6.07) is 3.53. The van der Waals surface area contributed by atoms with Crippen LogP contribution in [0, 0.1) is 11.6 Å². The molecule has 0 aromatic heterocycles. The van der Waals surface area contributed by atoms with Crippen LogP contribution in [0.25, 0.3) is 0 Å². The average Bonchev–Trinajstić information content (AvgIpc) is 2.57. The summed E-state index contributed by atoms with van der Waals surface area (Å²) in [5, 5.41) is 2.95. The minimum Gasteiger partial charge on any atom is -0.380 e. The second-order valence-corrected chi connectivity index (χ2v) is 5.04. The van der Waals surface area contributed by atoms with Gasteiger partial charge >= 0.3 is 0 Å². The maximum Gasteiger partial charge on any atom is 0.149 e. The van der Waals surface area contributed by atoms with Crippen LogP contribution in [0.15, 0.2) is 18.2 Å². The molecule has 1 aliphatic heterocycles. The number of benzene rings is 1. The molecule has 0 aliphatic carbocycles. The van der Waals surface area contributed by atoms with E-state index in [0.717, 1.165) is 18.9 Å². The highest BCUT2D eigenvalue weighted by molar-refractivity contribution is 5.44. The summed E-state index contributed by atoms with van der Waals surface area (Å²) in [4.78, 5) is 0. The molecule has 2 nitrogen and oxygen atoms in total. The van der Waals surface area contributed by atoms with Gasteiger partial charge in [0.15, 0.2) is 0 Å². The molecule has 1 aromatic rings. The lowest BCUT2D eigenvalue weighted by Crippen LogP contribution is -2.25. The molecule has 0 bridgehead atoms. The van der Waals surface area contributed by atoms with Gasteiger partial charge in [-0.2, -0.15) is 0 Å². The number of halogens is 2. The van der Waals surface area contributed by atoms with Gasteiger partial charge in [0.25, 0.3) is 0 Å². The molecule has 1 saturated heterocycles. The molecule has 1 N–H and O–H groups in total. The summed E-state index contributed by atoms with van der Waals surface area (Å²) in [5.74, 6) is -1.13. The number of ether oxygens (including phenoxy) is 1. The van der Waals surface area contributed by atoms with E-state index in [1.807, 2.05) is 13.8 Å². The lowest BCUT2D eigenvalue weighted by Gasteiger charge is -2.19. The first-order chi connectivity index (χ1) is 7.96. The van der Waals surface area contributed by atoms with E-state index in [1.54, 1.807) is 0 Å². The van der Waals surface area contributed by atoms with Crippen molar-refractivity contribution in [1.82, 2.24) is 0 Å². The summed E-state index contributed by atoms with van der Waals surface area (Å²) in [7, 11) is 0. The summed E-state index contributed by atoms with van der Waals surface area (Å²) < 4.78 is 31.8. The lowest BCUT2D eigenvalue weighted by molar-refractivity contribution is -0.00912. The predicted octanol–water partition coefficient (Wildman–Crippen LogP) is 3.33. The Labute approximate surface area is 100.0 Å². The van der Waals surface area contributed by atoms with Crippen molar-refractivity contribution in [2.75, 3.05) is 11.9 Å². The normalized spacial score (nSPS) is 22.7. The minimum atomic E-state index is -0.567. The minimum absolute atomic E-state index is 0.0896. The maximum absolute atomic E-state index is 13.3. The van der Waals surface area contributed by atoms with Gasteiger partial charge in [-0.1, -0.05) is 0 Å². The predicted molar refractivity (Wildman–Crippen MR) is 63.0 cm³/mol. The monoisotopic (exact) mass is 241 g/mol. The number of nitrogens with one attached hydrogen (secondary N) is 1. The number of anilines is 1. The van der Waals surface area contributed by atoms with Crippen molar-refractivity contribution in [3.05, 3.63) is 29.8 Å². The zero-order valence-electron chi connectivity index (χ0n) is 10.1. The van der Waals surface area contributed by atoms with Crippen molar-refractivity contribution in [3.63, 3.8) is 0 Å². The van der Waals surface area contributed by atoms with Crippen molar-refractivity contribution >= 4 is 5.69 Å². The van der Waals surface area contributed by atoms with Gasteiger partial charge in [0.1, 0.15) is 11.6 Å². The molecular formula is C13H17F2NO. The zero-order valence-corrected chi connectivity index (χ0v) is 10.1. The topological polar surface area (TPSA) is 21.3 Å². The van der Waals surface area contributed by atoms with Gasteiger partial charge < -0.3 is 10.1 Å². The fraction of sp³-hybridized carbons (Fsp3) is 0.538. The van der Waals surface area contributed by atoms with E-state index < -0.39 is 11.6 Å². The smallest absolute Gasteiger partial charge is 0.149 e. The van der Waals surface area contributed by atoms with Crippen LogP contribution < -0.4 is 5.32 Å². The average molecular weight is 241 g/mol. The largest absolute Gasteiger partial charge is 0.380 e. The first kappa shape index (κ1) is 12.3. The Hall–Kier alpha value is -1.16. The van der Waals surface area contributed by atoms with E-state index in [2.05, 4.69) is 5.32 Å². The summed E-state index contributed by atoms with van der Waals surface area (Å²) in [6.45, 7) is 4.64. The van der Waals surface area contributed by atoms with Crippen LogP contribution >= 0.6 is 0 Å². The first-order valence-corrected chi connectivity index (χ1v) is 5.83. The van der Waals surface area contributed by atoms with E-state index in [1.165, 1.54) is 12.1 Å². The highest BCUT2D eigenvalue weighted by Gasteiger charge is 2.31. The number of hydrogen-bond acceptors (Lipinski definition) is 2. The van der Waals surface area contributed by atoms with Gasteiger partial charge in [0.2, 0.25) is 0 Å². The van der Waals surface area contributed by atoms with Crippen LogP contribution in [0.1, 0.15) is 26.7 Å². The molecule has 1 aliphatic rings. The van der Waals surface area contributed by atoms with Crippen molar-refractivity contribution in [3.8, 4) is 0 Å². The quantitative estimate of drug-likeness (QED) is 0.876. The van der Waals surface area contributed by atoms with E-state index in [9.17, 15) is 8.78 Å². The van der Waals surface area contributed by atoms with E-state index in [-0.39, 0.29) is 11.7 Å². The Kier molecular flexibility index (Phi) is 3.33. The second-order valence-electron chi connectivity index (χ2n) is 5.04. The molecule has 1 aromatic carbocycles. The molecule has 0 radical (unpaired) electrons. The molecule has 17 heavy (non-hydrogen) atoms. The Bertz CT molecular complexity index is 406. The van der Waals surface area contributed by atoms with Crippen molar-refractivity contribution in [2.45, 2.75) is 38.4 Å². The fourth-order valence-electron chi connectivity index (χ4n) is 2.08. The van der Waals surface area contributed by atoms with Crippen LogP contribution in [0.3, 0.4) is 0 Å². The summed E-state index contributed by atoms with van der Waals surface area (Å²) in [6.07, 6.45) is 2.06. The van der Waals surface area contributed by atoms with Crippen LogP contribution in [-0.2, 0) is 4.74 Å². The third-order valence-corrected chi connectivity index (χ3v) is 3.01. The highest BCUT2D eigenvalue weighted by Crippen LogP contribution is 2.29. The molecular weight excluding hydrogens is 224 g/mol. The molecule has 1 atom stereocenters. The molecule has 0 amide bonds. The van der Waals surface area contributed by atoms with Crippen LogP contribution in [-0.4, -0.2) is 18.2 Å². The number of hydrogen-bond donors (Lipinski definition) is 1. The Morgan fingerprint density at radius 1 is 1.41 bits per heavy atom. The Balaban J connectivity index is 1.90. The van der Waals surface area contributed by atoms with Crippen LogP contribution in [0.4, 0.5) is 14.5 Å². The molecule has 2 rings (SSSR count). The van der Waals surface area contributed by atoms with E-state index in [4.69, 9.17) is 4.74 Å². The number of rotatable bonds is 3. The molecule has 94 valence electrons. The summed E-state index contributed by atoms with van der Waals surface area (Å²) in [5.41, 5.74) is 0.230. The lowest BCUT2D eigenvalue weighted by atomic mass is 10.1. The van der Waals surface area contributed by atoms with Crippen LogP contribution in [0.5, 0.6) is 0 Å². The third kappa shape index (κ3) is 3.16. The SMILES string of the molecule is CC1(C)CCC(CNc2ccc(F)cc2F)O1. The van der Waals surface area contributed by atoms with Gasteiger partial charge in [0.05, 0.1) is 17.4 Å². The van der Waals surface area contributed by atoms with Gasteiger partial charge in [-0.25, -0.2) is 8.78 Å². The third-order valence-electron chi connectivity index (χ3n) is 3.01. The van der Waals surface area contributed by atoms with Crippen molar-refractivity contribution < 1.29 is 13.5 Å². The fourth-order valence-corrected chi connectivity index (χ4v) is 2.08. The van der Waals surface area contributed by atoms with Crippen molar-refractivity contribution in [2.24, 2.45) is 0 Å².